The zero-order valence-electron chi connectivity index (χ0n) is 12.6. The van der Waals surface area contributed by atoms with Crippen LogP contribution < -0.4 is 5.32 Å². The van der Waals surface area contributed by atoms with Gasteiger partial charge in [0.2, 0.25) is 0 Å². The third-order valence-corrected chi connectivity index (χ3v) is 4.07. The van der Waals surface area contributed by atoms with Crippen molar-refractivity contribution in [1.82, 2.24) is 14.6 Å². The number of hydrogen-bond donors (Lipinski definition) is 1. The van der Waals surface area contributed by atoms with E-state index in [9.17, 15) is 22.4 Å². The minimum absolute atomic E-state index is 0.197. The predicted octanol–water partition coefficient (Wildman–Crippen LogP) is 5.16. The number of anilines is 1. The molecule has 26 heavy (non-hydrogen) atoms. The van der Waals surface area contributed by atoms with Gasteiger partial charge < -0.3 is 5.32 Å². The second-order valence-electron chi connectivity index (χ2n) is 5.09. The average molecular weight is 407 g/mol. The minimum Gasteiger partial charge on any atom is -0.321 e. The number of rotatable bonds is 4. The van der Waals surface area contributed by atoms with Crippen molar-refractivity contribution in [2.45, 2.75) is 12.9 Å². The van der Waals surface area contributed by atoms with Crippen molar-refractivity contribution in [3.63, 3.8) is 0 Å². The molecule has 0 saturated carbocycles. The first kappa shape index (κ1) is 18.4. The van der Waals surface area contributed by atoms with Crippen LogP contribution >= 0.6 is 23.2 Å². The van der Waals surface area contributed by atoms with Crippen molar-refractivity contribution in [1.29, 1.82) is 0 Å². The van der Waals surface area contributed by atoms with Gasteiger partial charge in [0.15, 0.2) is 11.3 Å². The first-order valence-electron chi connectivity index (χ1n) is 6.99. The summed E-state index contributed by atoms with van der Waals surface area (Å²) in [7, 11) is 0. The van der Waals surface area contributed by atoms with Crippen LogP contribution in [-0.4, -0.2) is 20.5 Å². The van der Waals surface area contributed by atoms with Crippen molar-refractivity contribution < 1.29 is 22.4 Å². The zero-order valence-corrected chi connectivity index (χ0v) is 14.1. The third kappa shape index (κ3) is 3.58. The highest BCUT2D eigenvalue weighted by molar-refractivity contribution is 6.42. The Morgan fingerprint density at radius 1 is 1.04 bits per heavy atom. The van der Waals surface area contributed by atoms with Crippen LogP contribution in [0.3, 0.4) is 0 Å². The summed E-state index contributed by atoms with van der Waals surface area (Å²) < 4.78 is 52.5. The van der Waals surface area contributed by atoms with Crippen molar-refractivity contribution in [2.75, 3.05) is 5.32 Å². The topological polar surface area (TPSA) is 59.3 Å². The van der Waals surface area contributed by atoms with E-state index in [-0.39, 0.29) is 27.1 Å². The van der Waals surface area contributed by atoms with Gasteiger partial charge in [-0.2, -0.15) is 5.10 Å². The molecule has 1 amide bonds. The minimum atomic E-state index is -3.08. The Morgan fingerprint density at radius 3 is 2.38 bits per heavy atom. The van der Waals surface area contributed by atoms with Crippen LogP contribution in [-0.2, 0) is 0 Å². The molecule has 3 rings (SSSR count). The quantitative estimate of drug-likeness (QED) is 0.608. The van der Waals surface area contributed by atoms with E-state index in [4.69, 9.17) is 23.2 Å². The van der Waals surface area contributed by atoms with Gasteiger partial charge in [-0.3, -0.25) is 4.79 Å². The molecule has 0 radical (unpaired) electrons. The Labute approximate surface area is 153 Å². The van der Waals surface area contributed by atoms with Crippen molar-refractivity contribution in [3.05, 3.63) is 57.5 Å². The molecule has 0 unspecified atom stereocenters. The van der Waals surface area contributed by atoms with E-state index < -0.39 is 30.1 Å². The summed E-state index contributed by atoms with van der Waals surface area (Å²) in [6.45, 7) is 0. The maximum atomic E-state index is 13.1. The molecule has 0 saturated heterocycles. The fourth-order valence-corrected chi connectivity index (χ4v) is 2.46. The van der Waals surface area contributed by atoms with Crippen LogP contribution in [0.1, 0.15) is 34.7 Å². The molecule has 0 atom stereocenters. The van der Waals surface area contributed by atoms with E-state index in [1.54, 1.807) is 0 Å². The van der Waals surface area contributed by atoms with E-state index >= 15 is 0 Å². The SMILES string of the molecule is O=C(Nc1ccc(Cl)c(Cl)c1)c1cc2nc(C(F)F)cc(C(F)F)n2n1. The summed E-state index contributed by atoms with van der Waals surface area (Å²) >= 11 is 11.6. The Hall–Kier alpha value is -2.39. The molecule has 11 heteroatoms. The Balaban J connectivity index is 1.98. The van der Waals surface area contributed by atoms with Crippen molar-refractivity contribution in [2.24, 2.45) is 0 Å². The van der Waals surface area contributed by atoms with Gasteiger partial charge in [-0.1, -0.05) is 23.2 Å². The number of carbonyl (C=O) groups is 1. The highest BCUT2D eigenvalue weighted by atomic mass is 35.5. The second-order valence-corrected chi connectivity index (χ2v) is 5.90. The number of benzene rings is 1. The zero-order chi connectivity index (χ0) is 19.0. The maximum absolute atomic E-state index is 13.1. The molecule has 2 aromatic heterocycles. The first-order chi connectivity index (χ1) is 12.3. The van der Waals surface area contributed by atoms with Gasteiger partial charge in [-0.05, 0) is 24.3 Å². The van der Waals surface area contributed by atoms with Crippen LogP contribution in [0.15, 0.2) is 30.3 Å². The summed E-state index contributed by atoms with van der Waals surface area (Å²) in [5.74, 6) is -0.757. The number of nitrogens with zero attached hydrogens (tertiary/aromatic N) is 3. The summed E-state index contributed by atoms with van der Waals surface area (Å²) in [6.07, 6.45) is -6.12. The number of fused-ring (bicyclic) bond motifs is 1. The maximum Gasteiger partial charge on any atom is 0.280 e. The Bertz CT molecular complexity index is 993. The van der Waals surface area contributed by atoms with Gasteiger partial charge in [0, 0.05) is 11.8 Å². The van der Waals surface area contributed by atoms with Gasteiger partial charge in [-0.15, -0.1) is 0 Å². The van der Waals surface area contributed by atoms with E-state index in [1.807, 2.05) is 0 Å². The smallest absolute Gasteiger partial charge is 0.280 e. The number of alkyl halides is 4. The summed E-state index contributed by atoms with van der Waals surface area (Å²) in [5.41, 5.74) is -1.91. The van der Waals surface area contributed by atoms with Gasteiger partial charge in [0.25, 0.3) is 18.8 Å². The normalized spacial score (nSPS) is 11.5. The summed E-state index contributed by atoms with van der Waals surface area (Å²) in [6, 6.07) is 5.89. The van der Waals surface area contributed by atoms with Crippen LogP contribution in [0.4, 0.5) is 23.2 Å². The van der Waals surface area contributed by atoms with Crippen LogP contribution in [0.5, 0.6) is 0 Å². The molecular formula is C15H8Cl2F4N4O. The lowest BCUT2D eigenvalue weighted by Gasteiger charge is -2.06. The molecular weight excluding hydrogens is 399 g/mol. The van der Waals surface area contributed by atoms with E-state index in [2.05, 4.69) is 15.4 Å². The van der Waals surface area contributed by atoms with E-state index in [0.717, 1.165) is 6.07 Å². The number of halogens is 6. The number of amides is 1. The van der Waals surface area contributed by atoms with Gasteiger partial charge in [-0.25, -0.2) is 27.1 Å². The molecule has 0 spiro atoms. The van der Waals surface area contributed by atoms with Gasteiger partial charge in [0.05, 0.1) is 10.0 Å². The fourth-order valence-electron chi connectivity index (χ4n) is 2.17. The van der Waals surface area contributed by atoms with E-state index in [0.29, 0.717) is 10.6 Å². The molecule has 0 bridgehead atoms. The highest BCUT2D eigenvalue weighted by Gasteiger charge is 2.22. The molecule has 0 aliphatic heterocycles. The molecule has 0 aliphatic rings. The molecule has 1 N–H and O–H groups in total. The Morgan fingerprint density at radius 2 is 1.77 bits per heavy atom. The molecule has 136 valence electrons. The Kier molecular flexibility index (Phi) is 5.01. The van der Waals surface area contributed by atoms with Gasteiger partial charge >= 0.3 is 0 Å². The first-order valence-corrected chi connectivity index (χ1v) is 7.75. The molecule has 0 aliphatic carbocycles. The highest BCUT2D eigenvalue weighted by Crippen LogP contribution is 2.27. The standard InChI is InChI=1S/C15H8Cl2F4N4O/c16-7-2-1-6(3-8(7)17)22-15(26)10-5-12-23-9(13(18)19)4-11(14(20)21)25(12)24-10/h1-5,13-14H,(H,22,26). The fraction of sp³-hybridized carbons (Fsp3) is 0.133. The lowest BCUT2D eigenvalue weighted by molar-refractivity contribution is 0.102. The lowest BCUT2D eigenvalue weighted by Crippen LogP contribution is -2.13. The summed E-state index contributed by atoms with van der Waals surface area (Å²) in [4.78, 5) is 15.8. The molecule has 5 nitrogen and oxygen atoms in total. The number of nitrogens with one attached hydrogen (secondary N) is 1. The lowest BCUT2D eigenvalue weighted by atomic mass is 10.3. The van der Waals surface area contributed by atoms with Crippen molar-refractivity contribution >= 4 is 40.4 Å². The van der Waals surface area contributed by atoms with Crippen LogP contribution in [0.2, 0.25) is 10.0 Å². The number of carbonyl (C=O) groups excluding carboxylic acids is 1. The van der Waals surface area contributed by atoms with Crippen LogP contribution in [0, 0.1) is 0 Å². The molecule has 3 aromatic rings. The van der Waals surface area contributed by atoms with Crippen LogP contribution in [0.25, 0.3) is 5.65 Å². The predicted molar refractivity (Wildman–Crippen MR) is 87.3 cm³/mol. The average Bonchev–Trinajstić information content (AvgIpc) is 3.01. The number of aromatic nitrogens is 3. The largest absolute Gasteiger partial charge is 0.321 e. The summed E-state index contributed by atoms with van der Waals surface area (Å²) in [5, 5.41) is 6.66. The molecule has 1 aromatic carbocycles. The third-order valence-electron chi connectivity index (χ3n) is 3.33. The van der Waals surface area contributed by atoms with Gasteiger partial charge in [0.1, 0.15) is 11.4 Å². The number of hydrogen-bond acceptors (Lipinski definition) is 3. The molecule has 2 heterocycles. The molecule has 0 fully saturated rings. The van der Waals surface area contributed by atoms with Crippen molar-refractivity contribution in [3.8, 4) is 0 Å². The monoisotopic (exact) mass is 406 g/mol. The second kappa shape index (κ2) is 7.08. The van der Waals surface area contributed by atoms with E-state index in [1.165, 1.54) is 18.2 Å².